The Morgan fingerprint density at radius 2 is 2.24 bits per heavy atom. The molecule has 94 valence electrons. The number of rotatable bonds is 1. The highest BCUT2D eigenvalue weighted by atomic mass is 15.3. The van der Waals surface area contributed by atoms with Crippen molar-refractivity contribution in [2.24, 2.45) is 12.5 Å². The number of imidazole rings is 1. The van der Waals surface area contributed by atoms with Gasteiger partial charge in [-0.05, 0) is 32.2 Å². The van der Waals surface area contributed by atoms with Crippen LogP contribution in [-0.2, 0) is 7.05 Å². The largest absolute Gasteiger partial charge is 0.342 e. The van der Waals surface area contributed by atoms with E-state index in [0.29, 0.717) is 5.41 Å². The molecule has 2 saturated heterocycles. The topological polar surface area (TPSA) is 33.1 Å². The number of aryl methyl sites for hydroxylation is 1. The van der Waals surface area contributed by atoms with Crippen LogP contribution >= 0.6 is 0 Å². The fourth-order valence-corrected chi connectivity index (χ4v) is 3.42. The van der Waals surface area contributed by atoms with Gasteiger partial charge in [-0.2, -0.15) is 0 Å². The number of hydrogen-bond donors (Lipinski definition) is 1. The molecule has 0 aromatic carbocycles. The summed E-state index contributed by atoms with van der Waals surface area (Å²) in [4.78, 5) is 6.95. The molecule has 0 radical (unpaired) electrons. The smallest absolute Gasteiger partial charge is 0.205 e. The first kappa shape index (κ1) is 11.1. The molecule has 2 fully saturated rings. The van der Waals surface area contributed by atoms with E-state index in [1.54, 1.807) is 0 Å². The average molecular weight is 234 g/mol. The molecule has 3 rings (SSSR count). The summed E-state index contributed by atoms with van der Waals surface area (Å²) in [5.74, 6) is 1.13. The Bertz CT molecular complexity index is 373. The monoisotopic (exact) mass is 234 g/mol. The van der Waals surface area contributed by atoms with Crippen LogP contribution in [0.1, 0.15) is 25.7 Å². The van der Waals surface area contributed by atoms with Gasteiger partial charge in [0.1, 0.15) is 0 Å². The summed E-state index contributed by atoms with van der Waals surface area (Å²) in [6.07, 6.45) is 9.32. The summed E-state index contributed by atoms with van der Waals surface area (Å²) in [6.45, 7) is 4.72. The predicted octanol–water partition coefficient (Wildman–Crippen LogP) is 1.39. The van der Waals surface area contributed by atoms with Gasteiger partial charge in [-0.25, -0.2) is 4.98 Å². The highest BCUT2D eigenvalue weighted by Gasteiger charge is 2.37. The molecular formula is C13H22N4. The van der Waals surface area contributed by atoms with Crippen molar-refractivity contribution >= 4 is 5.95 Å². The Morgan fingerprint density at radius 3 is 2.94 bits per heavy atom. The zero-order valence-electron chi connectivity index (χ0n) is 10.7. The lowest BCUT2D eigenvalue weighted by molar-refractivity contribution is 0.172. The maximum absolute atomic E-state index is 4.49. The van der Waals surface area contributed by atoms with Crippen LogP contribution in [0.4, 0.5) is 5.95 Å². The van der Waals surface area contributed by atoms with Crippen molar-refractivity contribution in [1.29, 1.82) is 0 Å². The molecule has 1 atom stereocenters. The quantitative estimate of drug-likeness (QED) is 0.797. The van der Waals surface area contributed by atoms with Gasteiger partial charge >= 0.3 is 0 Å². The van der Waals surface area contributed by atoms with E-state index in [4.69, 9.17) is 0 Å². The predicted molar refractivity (Wildman–Crippen MR) is 69.2 cm³/mol. The maximum atomic E-state index is 4.49. The van der Waals surface area contributed by atoms with Gasteiger partial charge < -0.3 is 14.8 Å². The highest BCUT2D eigenvalue weighted by Crippen LogP contribution is 2.37. The van der Waals surface area contributed by atoms with Crippen molar-refractivity contribution in [3.8, 4) is 0 Å². The third-order valence-corrected chi connectivity index (χ3v) is 4.30. The van der Waals surface area contributed by atoms with E-state index in [-0.39, 0.29) is 0 Å². The summed E-state index contributed by atoms with van der Waals surface area (Å²) in [6, 6.07) is 0. The molecule has 1 spiro atoms. The first-order valence-corrected chi connectivity index (χ1v) is 6.72. The Morgan fingerprint density at radius 1 is 1.35 bits per heavy atom. The molecule has 0 aliphatic carbocycles. The average Bonchev–Trinajstić information content (AvgIpc) is 2.77. The van der Waals surface area contributed by atoms with Crippen LogP contribution in [0.5, 0.6) is 0 Å². The lowest BCUT2D eigenvalue weighted by atomic mass is 9.74. The van der Waals surface area contributed by atoms with Gasteiger partial charge in [-0.15, -0.1) is 0 Å². The van der Waals surface area contributed by atoms with Crippen molar-refractivity contribution in [2.75, 3.05) is 31.1 Å². The van der Waals surface area contributed by atoms with Crippen LogP contribution in [0.15, 0.2) is 12.4 Å². The molecule has 4 heteroatoms. The summed E-state index contributed by atoms with van der Waals surface area (Å²) >= 11 is 0. The second-order valence-corrected chi connectivity index (χ2v) is 5.64. The molecule has 17 heavy (non-hydrogen) atoms. The van der Waals surface area contributed by atoms with E-state index in [2.05, 4.69) is 26.8 Å². The van der Waals surface area contributed by atoms with Crippen LogP contribution in [0, 0.1) is 5.41 Å². The second-order valence-electron chi connectivity index (χ2n) is 5.64. The Labute approximate surface area is 103 Å². The molecular weight excluding hydrogens is 212 g/mol. The van der Waals surface area contributed by atoms with Crippen LogP contribution in [-0.4, -0.2) is 35.7 Å². The number of anilines is 1. The molecule has 3 heterocycles. The standard InChI is InChI=1S/C13H22N4/c1-16-9-7-15-12(16)17-8-3-5-13(11-17)4-2-6-14-10-13/h7,9,14H,2-6,8,10-11H2,1H3. The number of nitrogens with zero attached hydrogens (tertiary/aromatic N) is 3. The normalized spacial score (nSPS) is 29.8. The highest BCUT2D eigenvalue weighted by molar-refractivity contribution is 5.32. The maximum Gasteiger partial charge on any atom is 0.205 e. The summed E-state index contributed by atoms with van der Waals surface area (Å²) in [7, 11) is 2.09. The van der Waals surface area contributed by atoms with E-state index in [0.717, 1.165) is 12.5 Å². The Hall–Kier alpha value is -1.03. The number of piperidine rings is 2. The second kappa shape index (κ2) is 4.33. The lowest BCUT2D eigenvalue weighted by Crippen LogP contribution is -2.51. The fourth-order valence-electron chi connectivity index (χ4n) is 3.42. The molecule has 1 N–H and O–H groups in total. The minimum Gasteiger partial charge on any atom is -0.342 e. The van der Waals surface area contributed by atoms with Gasteiger partial charge in [-0.1, -0.05) is 0 Å². The first-order valence-electron chi connectivity index (χ1n) is 6.72. The van der Waals surface area contributed by atoms with E-state index >= 15 is 0 Å². The molecule has 2 aliphatic rings. The minimum atomic E-state index is 0.502. The number of hydrogen-bond acceptors (Lipinski definition) is 3. The molecule has 0 amide bonds. The Balaban J connectivity index is 1.77. The fraction of sp³-hybridized carbons (Fsp3) is 0.769. The molecule has 0 saturated carbocycles. The zero-order valence-corrected chi connectivity index (χ0v) is 10.7. The van der Waals surface area contributed by atoms with Crippen molar-refractivity contribution in [1.82, 2.24) is 14.9 Å². The van der Waals surface area contributed by atoms with E-state index in [1.165, 1.54) is 45.3 Å². The van der Waals surface area contributed by atoms with E-state index < -0.39 is 0 Å². The van der Waals surface area contributed by atoms with Gasteiger partial charge in [0, 0.05) is 44.5 Å². The SMILES string of the molecule is Cn1ccnc1N1CCCC2(CCCNC2)C1. The number of aromatic nitrogens is 2. The van der Waals surface area contributed by atoms with Crippen molar-refractivity contribution in [3.63, 3.8) is 0 Å². The van der Waals surface area contributed by atoms with E-state index in [9.17, 15) is 0 Å². The van der Waals surface area contributed by atoms with Crippen LogP contribution in [0.3, 0.4) is 0 Å². The first-order chi connectivity index (χ1) is 8.29. The van der Waals surface area contributed by atoms with Crippen LogP contribution in [0.25, 0.3) is 0 Å². The van der Waals surface area contributed by atoms with Gasteiger partial charge in [0.15, 0.2) is 0 Å². The van der Waals surface area contributed by atoms with Gasteiger partial charge in [0.25, 0.3) is 0 Å². The lowest BCUT2D eigenvalue weighted by Gasteiger charge is -2.45. The molecule has 0 bridgehead atoms. The van der Waals surface area contributed by atoms with Gasteiger partial charge in [-0.3, -0.25) is 0 Å². The number of nitrogens with one attached hydrogen (secondary N) is 1. The van der Waals surface area contributed by atoms with Crippen LogP contribution < -0.4 is 10.2 Å². The summed E-state index contributed by atoms with van der Waals surface area (Å²) < 4.78 is 2.13. The zero-order chi connectivity index (χ0) is 11.7. The van der Waals surface area contributed by atoms with E-state index in [1.807, 2.05) is 12.4 Å². The molecule has 1 aromatic rings. The summed E-state index contributed by atoms with van der Waals surface area (Å²) in [5.41, 5.74) is 0.502. The van der Waals surface area contributed by atoms with Crippen molar-refractivity contribution in [3.05, 3.63) is 12.4 Å². The molecule has 4 nitrogen and oxygen atoms in total. The molecule has 1 unspecified atom stereocenters. The Kier molecular flexibility index (Phi) is 2.82. The van der Waals surface area contributed by atoms with Crippen molar-refractivity contribution in [2.45, 2.75) is 25.7 Å². The van der Waals surface area contributed by atoms with Gasteiger partial charge in [0.05, 0.1) is 0 Å². The molecule has 1 aromatic heterocycles. The summed E-state index contributed by atoms with van der Waals surface area (Å²) in [5, 5.41) is 3.57. The third-order valence-electron chi connectivity index (χ3n) is 4.30. The van der Waals surface area contributed by atoms with Crippen LogP contribution in [0.2, 0.25) is 0 Å². The third kappa shape index (κ3) is 2.06. The van der Waals surface area contributed by atoms with Gasteiger partial charge in [0.2, 0.25) is 5.95 Å². The van der Waals surface area contributed by atoms with Crippen molar-refractivity contribution < 1.29 is 0 Å². The molecule has 2 aliphatic heterocycles. The minimum absolute atomic E-state index is 0.502.